The summed E-state index contributed by atoms with van der Waals surface area (Å²) < 4.78 is 98.4. The van der Waals surface area contributed by atoms with E-state index in [1.54, 1.807) is 0 Å². The highest BCUT2D eigenvalue weighted by atomic mass is 19.4. The van der Waals surface area contributed by atoms with E-state index in [4.69, 9.17) is 0 Å². The molecule has 0 aliphatic rings. The summed E-state index contributed by atoms with van der Waals surface area (Å²) in [6.45, 7) is 1.95. The summed E-state index contributed by atoms with van der Waals surface area (Å²) in [7, 11) is 0. The van der Waals surface area contributed by atoms with Crippen LogP contribution in [-0.4, -0.2) is 15.9 Å². The van der Waals surface area contributed by atoms with Gasteiger partial charge in [-0.15, -0.1) is 0 Å². The molecule has 0 unspecified atom stereocenters. The second kappa shape index (κ2) is 8.93. The number of halogens is 7. The number of aromatic nitrogens is 2. The fourth-order valence-corrected chi connectivity index (χ4v) is 2.86. The molecule has 0 bridgehead atoms. The van der Waals surface area contributed by atoms with E-state index in [1.165, 1.54) is 12.4 Å². The number of aryl methyl sites for hydroxylation is 1. The lowest BCUT2D eigenvalue weighted by Gasteiger charge is -2.12. The van der Waals surface area contributed by atoms with Crippen LogP contribution in [0.25, 0.3) is 11.4 Å². The van der Waals surface area contributed by atoms with Crippen molar-refractivity contribution < 1.29 is 40.3 Å². The Balaban J connectivity index is 1.88. The number of rotatable bonds is 5. The van der Waals surface area contributed by atoms with Crippen LogP contribution in [0.15, 0.2) is 36.7 Å². The third-order valence-corrected chi connectivity index (χ3v) is 4.26. The molecule has 1 heterocycles. The van der Waals surface area contributed by atoms with Gasteiger partial charge in [0.05, 0.1) is 0 Å². The molecule has 0 atom stereocenters. The quantitative estimate of drug-likeness (QED) is 0.272. The highest BCUT2D eigenvalue weighted by Gasteiger charge is 2.38. The lowest BCUT2D eigenvalue weighted by molar-refractivity contribution is -0.142. The van der Waals surface area contributed by atoms with Crippen molar-refractivity contribution in [2.24, 2.45) is 0 Å². The number of alkyl halides is 3. The monoisotopic (exact) mass is 458 g/mol. The maximum Gasteiger partial charge on any atom is 0.422 e. The fraction of sp³-hybridized carbons (Fsp3) is 0.190. The van der Waals surface area contributed by atoms with Gasteiger partial charge in [0, 0.05) is 30.1 Å². The maximum absolute atomic E-state index is 14.4. The first-order chi connectivity index (χ1) is 15.0. The zero-order valence-corrected chi connectivity index (χ0v) is 16.2. The highest BCUT2D eigenvalue weighted by Crippen LogP contribution is 2.35. The molecule has 2 aromatic carbocycles. The van der Waals surface area contributed by atoms with E-state index in [0.717, 1.165) is 24.1 Å². The Labute approximate surface area is 176 Å². The number of nitrogens with zero attached hydrogens (tertiary/aromatic N) is 2. The van der Waals surface area contributed by atoms with Crippen LogP contribution in [0.2, 0.25) is 0 Å². The van der Waals surface area contributed by atoms with E-state index in [0.29, 0.717) is 6.42 Å². The third-order valence-electron chi connectivity index (χ3n) is 4.26. The van der Waals surface area contributed by atoms with Gasteiger partial charge in [0.1, 0.15) is 40.1 Å². The summed E-state index contributed by atoms with van der Waals surface area (Å²) in [6, 6.07) is 1.67. The summed E-state index contributed by atoms with van der Waals surface area (Å²) >= 11 is 0. The predicted octanol–water partition coefficient (Wildman–Crippen LogP) is 5.89. The molecule has 4 nitrogen and oxygen atoms in total. The van der Waals surface area contributed by atoms with E-state index in [2.05, 4.69) is 14.7 Å². The van der Waals surface area contributed by atoms with Crippen molar-refractivity contribution in [3.8, 4) is 17.1 Å². The van der Waals surface area contributed by atoms with Gasteiger partial charge in [-0.1, -0.05) is 13.3 Å². The summed E-state index contributed by atoms with van der Waals surface area (Å²) in [4.78, 5) is 20.1. The average molecular weight is 458 g/mol. The third kappa shape index (κ3) is 4.87. The standard InChI is InChI=1S/C21H13F7N2O2/c1-2-3-10-8-29-19(30-9-10)11-4-13(22)17(14(23)5-11)20(31)32-12-6-15(24)18(16(25)7-12)21(26,27)28/h4-9H,2-3H2,1H3. The van der Waals surface area contributed by atoms with Crippen LogP contribution >= 0.6 is 0 Å². The molecule has 1 aromatic heterocycles. The smallest absolute Gasteiger partial charge is 0.422 e. The van der Waals surface area contributed by atoms with Crippen molar-refractivity contribution in [2.45, 2.75) is 25.9 Å². The molecule has 0 saturated carbocycles. The van der Waals surface area contributed by atoms with Gasteiger partial charge in [-0.2, -0.15) is 13.2 Å². The minimum absolute atomic E-state index is 0.0190. The van der Waals surface area contributed by atoms with Gasteiger partial charge >= 0.3 is 12.1 Å². The molecule has 168 valence electrons. The lowest BCUT2D eigenvalue weighted by atomic mass is 10.1. The van der Waals surface area contributed by atoms with Crippen LogP contribution in [0.3, 0.4) is 0 Å². The molecule has 0 N–H and O–H groups in total. The van der Waals surface area contributed by atoms with Crippen LogP contribution in [-0.2, 0) is 12.6 Å². The second-order valence-electron chi connectivity index (χ2n) is 6.63. The number of esters is 1. The Morgan fingerprint density at radius 1 is 0.906 bits per heavy atom. The minimum atomic E-state index is -5.33. The molecule has 32 heavy (non-hydrogen) atoms. The molecule has 3 rings (SSSR count). The fourth-order valence-electron chi connectivity index (χ4n) is 2.86. The van der Waals surface area contributed by atoms with Crippen molar-refractivity contribution in [3.05, 3.63) is 76.6 Å². The van der Waals surface area contributed by atoms with Gasteiger partial charge in [0.25, 0.3) is 0 Å². The molecule has 0 spiro atoms. The summed E-state index contributed by atoms with van der Waals surface area (Å²) in [5.74, 6) is -9.62. The zero-order valence-electron chi connectivity index (χ0n) is 16.2. The first kappa shape index (κ1) is 23.2. The summed E-state index contributed by atoms with van der Waals surface area (Å²) in [5.41, 5.74) is -2.68. The Bertz CT molecular complexity index is 1120. The summed E-state index contributed by atoms with van der Waals surface area (Å²) in [6.07, 6.45) is -0.814. The first-order valence-electron chi connectivity index (χ1n) is 9.10. The molecule has 0 saturated heterocycles. The number of carbonyl (C=O) groups is 1. The van der Waals surface area contributed by atoms with Crippen molar-refractivity contribution in [1.29, 1.82) is 0 Å². The van der Waals surface area contributed by atoms with E-state index in [9.17, 15) is 35.5 Å². The number of ether oxygens (including phenoxy) is 1. The average Bonchev–Trinajstić information content (AvgIpc) is 2.66. The molecular weight excluding hydrogens is 445 g/mol. The Morgan fingerprint density at radius 2 is 1.44 bits per heavy atom. The van der Waals surface area contributed by atoms with Crippen LogP contribution in [0, 0.1) is 23.3 Å². The summed E-state index contributed by atoms with van der Waals surface area (Å²) in [5, 5.41) is 0. The normalized spacial score (nSPS) is 11.5. The van der Waals surface area contributed by atoms with Crippen molar-refractivity contribution in [2.75, 3.05) is 0 Å². The Kier molecular flexibility index (Phi) is 6.47. The van der Waals surface area contributed by atoms with E-state index >= 15 is 0 Å². The highest BCUT2D eigenvalue weighted by molar-refractivity contribution is 5.92. The predicted molar refractivity (Wildman–Crippen MR) is 97.7 cm³/mol. The van der Waals surface area contributed by atoms with Crippen LogP contribution in [0.4, 0.5) is 30.7 Å². The van der Waals surface area contributed by atoms with Gasteiger partial charge in [0.2, 0.25) is 0 Å². The Hall–Kier alpha value is -3.50. The molecule has 0 amide bonds. The maximum atomic E-state index is 14.4. The number of carbonyl (C=O) groups excluding carboxylic acids is 1. The van der Waals surface area contributed by atoms with E-state index in [-0.39, 0.29) is 23.5 Å². The Morgan fingerprint density at radius 3 is 1.91 bits per heavy atom. The second-order valence-corrected chi connectivity index (χ2v) is 6.63. The van der Waals surface area contributed by atoms with E-state index < -0.39 is 52.3 Å². The van der Waals surface area contributed by atoms with Gasteiger partial charge in [0.15, 0.2) is 5.82 Å². The topological polar surface area (TPSA) is 52.1 Å². The minimum Gasteiger partial charge on any atom is -0.423 e. The molecule has 0 aliphatic carbocycles. The van der Waals surface area contributed by atoms with Gasteiger partial charge in [-0.25, -0.2) is 32.3 Å². The van der Waals surface area contributed by atoms with Crippen molar-refractivity contribution >= 4 is 5.97 Å². The molecule has 0 aliphatic heterocycles. The van der Waals surface area contributed by atoms with Gasteiger partial charge in [-0.3, -0.25) is 0 Å². The van der Waals surface area contributed by atoms with Crippen molar-refractivity contribution in [1.82, 2.24) is 9.97 Å². The largest absolute Gasteiger partial charge is 0.423 e. The van der Waals surface area contributed by atoms with Gasteiger partial charge < -0.3 is 4.74 Å². The number of hydrogen-bond donors (Lipinski definition) is 0. The van der Waals surface area contributed by atoms with Crippen molar-refractivity contribution in [3.63, 3.8) is 0 Å². The number of benzene rings is 2. The molecule has 0 fully saturated rings. The molecule has 0 radical (unpaired) electrons. The molecule has 3 aromatic rings. The SMILES string of the molecule is CCCc1cnc(-c2cc(F)c(C(=O)Oc3cc(F)c(C(F)(F)F)c(F)c3)c(F)c2)nc1. The van der Waals surface area contributed by atoms with Crippen LogP contribution in [0.1, 0.15) is 34.8 Å². The van der Waals surface area contributed by atoms with Crippen LogP contribution in [0.5, 0.6) is 5.75 Å². The molecule has 11 heteroatoms. The molecular formula is C21H13F7N2O2. The lowest BCUT2D eigenvalue weighted by Crippen LogP contribution is -2.15. The zero-order chi connectivity index (χ0) is 23.6. The van der Waals surface area contributed by atoms with Crippen LogP contribution < -0.4 is 4.74 Å². The number of hydrogen-bond acceptors (Lipinski definition) is 4. The van der Waals surface area contributed by atoms with Gasteiger partial charge in [-0.05, 0) is 24.1 Å². The first-order valence-corrected chi connectivity index (χ1v) is 9.10. The van der Waals surface area contributed by atoms with E-state index in [1.807, 2.05) is 6.92 Å².